The lowest BCUT2D eigenvalue weighted by Crippen LogP contribution is -2.52. The number of hydrogen-bond acceptors (Lipinski definition) is 3. The molecule has 2 saturated carbocycles. The van der Waals surface area contributed by atoms with Crippen LogP contribution in [0.1, 0.15) is 58.8 Å². The van der Waals surface area contributed by atoms with Crippen LogP contribution in [0, 0.1) is 11.3 Å². The van der Waals surface area contributed by atoms with Crippen LogP contribution in [-0.4, -0.2) is 22.3 Å². The van der Waals surface area contributed by atoms with Crippen molar-refractivity contribution in [3.8, 4) is 0 Å². The smallest absolute Gasteiger partial charge is 0.142 e. The summed E-state index contributed by atoms with van der Waals surface area (Å²) in [5.41, 5.74) is -1.64. The summed E-state index contributed by atoms with van der Waals surface area (Å²) in [5, 5.41) is 10.7. The molecule has 2 aliphatic carbocycles. The normalized spacial score (nSPS) is 37.6. The van der Waals surface area contributed by atoms with E-state index in [0.717, 1.165) is 12.8 Å². The third-order valence-corrected chi connectivity index (χ3v) is 4.66. The Morgan fingerprint density at radius 1 is 1.24 bits per heavy atom. The van der Waals surface area contributed by atoms with Gasteiger partial charge in [0.25, 0.3) is 0 Å². The Morgan fingerprint density at radius 3 is 2.59 bits per heavy atom. The molecule has 0 amide bonds. The number of hydrogen-bond donors (Lipinski definition) is 1. The van der Waals surface area contributed by atoms with Crippen LogP contribution >= 0.6 is 0 Å². The van der Waals surface area contributed by atoms with Crippen molar-refractivity contribution >= 4 is 11.6 Å². The van der Waals surface area contributed by atoms with Crippen molar-refractivity contribution in [2.75, 3.05) is 0 Å². The lowest BCUT2D eigenvalue weighted by Gasteiger charge is -2.44. The van der Waals surface area contributed by atoms with Gasteiger partial charge in [0, 0.05) is 19.3 Å². The molecule has 0 saturated heterocycles. The van der Waals surface area contributed by atoms with Gasteiger partial charge >= 0.3 is 0 Å². The summed E-state index contributed by atoms with van der Waals surface area (Å²) in [6, 6.07) is 0. The van der Waals surface area contributed by atoms with Gasteiger partial charge in [-0.1, -0.05) is 13.8 Å². The Morgan fingerprint density at radius 2 is 1.94 bits per heavy atom. The number of ketones is 2. The van der Waals surface area contributed by atoms with Crippen molar-refractivity contribution in [3.63, 3.8) is 0 Å². The monoisotopic (exact) mass is 238 g/mol. The first-order valence-electron chi connectivity index (χ1n) is 6.67. The minimum Gasteiger partial charge on any atom is -0.388 e. The molecule has 0 bridgehead atoms. The third kappa shape index (κ3) is 1.95. The topological polar surface area (TPSA) is 54.4 Å². The number of carbonyl (C=O) groups is 2. The molecule has 2 atom stereocenters. The number of fused-ring (bicyclic) bond motifs is 1. The maximum absolute atomic E-state index is 12.2. The largest absolute Gasteiger partial charge is 0.388 e. The highest BCUT2D eigenvalue weighted by Crippen LogP contribution is 2.55. The molecule has 2 rings (SSSR count). The van der Waals surface area contributed by atoms with E-state index in [1.807, 2.05) is 0 Å². The number of carbonyl (C=O) groups excluding carboxylic acids is 2. The number of aliphatic hydroxyl groups is 1. The minimum absolute atomic E-state index is 0.113. The van der Waals surface area contributed by atoms with E-state index in [2.05, 4.69) is 13.8 Å². The number of rotatable bonds is 3. The first kappa shape index (κ1) is 12.7. The van der Waals surface area contributed by atoms with E-state index in [4.69, 9.17) is 0 Å². The molecule has 2 aliphatic rings. The fourth-order valence-electron chi connectivity index (χ4n) is 3.49. The van der Waals surface area contributed by atoms with Crippen molar-refractivity contribution in [2.24, 2.45) is 11.3 Å². The molecular weight excluding hydrogens is 216 g/mol. The highest BCUT2D eigenvalue weighted by atomic mass is 16.3. The van der Waals surface area contributed by atoms with E-state index in [1.54, 1.807) is 0 Å². The SMILES string of the molecule is CC(C)CC[C@]12CCC(=O)C[C@@]1(O)CCC2=O. The van der Waals surface area contributed by atoms with Gasteiger partial charge < -0.3 is 5.11 Å². The first-order valence-corrected chi connectivity index (χ1v) is 6.67. The second kappa shape index (κ2) is 4.20. The lowest BCUT2D eigenvalue weighted by molar-refractivity contribution is -0.152. The van der Waals surface area contributed by atoms with E-state index < -0.39 is 11.0 Å². The highest BCUT2D eigenvalue weighted by molar-refractivity contribution is 5.93. The van der Waals surface area contributed by atoms with Crippen molar-refractivity contribution < 1.29 is 14.7 Å². The van der Waals surface area contributed by atoms with Gasteiger partial charge in [-0.2, -0.15) is 0 Å². The zero-order valence-corrected chi connectivity index (χ0v) is 10.8. The summed E-state index contributed by atoms with van der Waals surface area (Å²) in [4.78, 5) is 23.7. The Kier molecular flexibility index (Phi) is 3.15. The molecule has 1 N–H and O–H groups in total. The van der Waals surface area contributed by atoms with Gasteiger partial charge in [0.1, 0.15) is 11.6 Å². The van der Waals surface area contributed by atoms with Gasteiger partial charge in [0.15, 0.2) is 0 Å². The van der Waals surface area contributed by atoms with Crippen molar-refractivity contribution in [2.45, 2.75) is 64.4 Å². The van der Waals surface area contributed by atoms with Crippen LogP contribution in [0.4, 0.5) is 0 Å². The van der Waals surface area contributed by atoms with E-state index in [9.17, 15) is 14.7 Å². The fourth-order valence-corrected chi connectivity index (χ4v) is 3.49. The van der Waals surface area contributed by atoms with Gasteiger partial charge in [-0.15, -0.1) is 0 Å². The van der Waals surface area contributed by atoms with Gasteiger partial charge in [-0.3, -0.25) is 9.59 Å². The fraction of sp³-hybridized carbons (Fsp3) is 0.857. The van der Waals surface area contributed by atoms with Gasteiger partial charge in [-0.25, -0.2) is 0 Å². The molecule has 0 radical (unpaired) electrons. The van der Waals surface area contributed by atoms with E-state index in [1.165, 1.54) is 0 Å². The quantitative estimate of drug-likeness (QED) is 0.820. The Hall–Kier alpha value is -0.700. The van der Waals surface area contributed by atoms with Crippen LogP contribution in [-0.2, 0) is 9.59 Å². The molecule has 3 nitrogen and oxygen atoms in total. The van der Waals surface area contributed by atoms with Crippen LogP contribution in [0.5, 0.6) is 0 Å². The molecule has 0 aromatic heterocycles. The van der Waals surface area contributed by atoms with Crippen molar-refractivity contribution in [1.82, 2.24) is 0 Å². The molecule has 0 spiro atoms. The molecule has 17 heavy (non-hydrogen) atoms. The molecule has 0 aromatic rings. The van der Waals surface area contributed by atoms with Crippen LogP contribution in [0.3, 0.4) is 0 Å². The summed E-state index contributed by atoms with van der Waals surface area (Å²) in [6.07, 6.45) is 3.84. The zero-order valence-electron chi connectivity index (χ0n) is 10.8. The minimum atomic E-state index is -1.03. The molecule has 96 valence electrons. The van der Waals surface area contributed by atoms with Crippen LogP contribution < -0.4 is 0 Å². The first-order chi connectivity index (χ1) is 7.90. The average molecular weight is 238 g/mol. The van der Waals surface area contributed by atoms with Crippen molar-refractivity contribution in [3.05, 3.63) is 0 Å². The van der Waals surface area contributed by atoms with Crippen LogP contribution in [0.15, 0.2) is 0 Å². The maximum Gasteiger partial charge on any atom is 0.142 e. The molecule has 0 aliphatic heterocycles. The molecule has 3 heteroatoms. The highest BCUT2D eigenvalue weighted by Gasteiger charge is 2.61. The molecule has 0 aromatic carbocycles. The summed E-state index contributed by atoms with van der Waals surface area (Å²) < 4.78 is 0. The summed E-state index contributed by atoms with van der Waals surface area (Å²) in [6.45, 7) is 4.26. The van der Waals surface area contributed by atoms with E-state index >= 15 is 0 Å². The second-order valence-electron chi connectivity index (χ2n) is 6.18. The molecule has 0 unspecified atom stereocenters. The Labute approximate surface area is 103 Å². The summed E-state index contributed by atoms with van der Waals surface area (Å²) in [7, 11) is 0. The second-order valence-corrected chi connectivity index (χ2v) is 6.18. The Bertz CT molecular complexity index is 347. The predicted molar refractivity (Wildman–Crippen MR) is 64.6 cm³/mol. The molecular formula is C14H22O3. The van der Waals surface area contributed by atoms with Gasteiger partial charge in [0.2, 0.25) is 0 Å². The summed E-state index contributed by atoms with van der Waals surface area (Å²) in [5.74, 6) is 0.829. The van der Waals surface area contributed by atoms with Gasteiger partial charge in [0.05, 0.1) is 11.0 Å². The molecule has 2 fully saturated rings. The third-order valence-electron chi connectivity index (χ3n) is 4.66. The van der Waals surface area contributed by atoms with Crippen molar-refractivity contribution in [1.29, 1.82) is 0 Å². The zero-order chi connectivity index (χ0) is 12.7. The summed E-state index contributed by atoms with van der Waals surface area (Å²) >= 11 is 0. The van der Waals surface area contributed by atoms with Crippen LogP contribution in [0.25, 0.3) is 0 Å². The van der Waals surface area contributed by atoms with Crippen LogP contribution in [0.2, 0.25) is 0 Å². The maximum atomic E-state index is 12.2. The Balaban J connectivity index is 2.25. The van der Waals surface area contributed by atoms with Gasteiger partial charge in [-0.05, 0) is 31.6 Å². The lowest BCUT2D eigenvalue weighted by atomic mass is 9.61. The standard InChI is InChI=1S/C14H22O3/c1-10(2)3-6-13-7-4-11(15)9-14(13,17)8-5-12(13)16/h10,17H,3-9H2,1-2H3/t13-,14+/m1/s1. The number of Topliss-reactive ketones (excluding diaryl/α,β-unsaturated/α-hetero) is 2. The molecule has 0 heterocycles. The van der Waals surface area contributed by atoms with E-state index in [-0.39, 0.29) is 18.0 Å². The van der Waals surface area contributed by atoms with E-state index in [0.29, 0.717) is 31.6 Å². The average Bonchev–Trinajstić information content (AvgIpc) is 2.49. The predicted octanol–water partition coefficient (Wildman–Crippen LogP) is 2.26.